The Labute approximate surface area is 144 Å². The minimum atomic E-state index is -1.23. The number of ether oxygens (including phenoxy) is 1. The van der Waals surface area contributed by atoms with Crippen LogP contribution in [0.2, 0.25) is 5.02 Å². The van der Waals surface area contributed by atoms with Gasteiger partial charge in [-0.1, -0.05) is 54.1 Å². The molecule has 0 atom stereocenters. The van der Waals surface area contributed by atoms with Crippen molar-refractivity contribution in [3.05, 3.63) is 70.2 Å². The summed E-state index contributed by atoms with van der Waals surface area (Å²) in [4.78, 5) is 24.0. The number of nitrogens with two attached hydrogens (primary N) is 1. The smallest absolute Gasteiger partial charge is 0.338 e. The summed E-state index contributed by atoms with van der Waals surface area (Å²) >= 11 is 6.02. The molecular weight excluding hydrogens is 330 g/mol. The third kappa shape index (κ3) is 3.48. The fourth-order valence-electron chi connectivity index (χ4n) is 2.45. The molecule has 3 N–H and O–H groups in total. The Bertz CT molecular complexity index is 800. The van der Waals surface area contributed by atoms with Gasteiger partial charge in [0.1, 0.15) is 0 Å². The maximum absolute atomic E-state index is 12.4. The third-order valence-electron chi connectivity index (χ3n) is 3.51. The van der Waals surface area contributed by atoms with Crippen molar-refractivity contribution in [3.8, 4) is 0 Å². The number of esters is 1. The van der Waals surface area contributed by atoms with E-state index in [1.54, 1.807) is 30.3 Å². The van der Waals surface area contributed by atoms with Gasteiger partial charge < -0.3 is 15.6 Å². The van der Waals surface area contributed by atoms with Crippen molar-refractivity contribution in [2.24, 2.45) is 5.73 Å². The lowest BCUT2D eigenvalue weighted by Crippen LogP contribution is -2.15. The first-order chi connectivity index (χ1) is 11.5. The highest BCUT2D eigenvalue weighted by Gasteiger charge is 2.25. The van der Waals surface area contributed by atoms with Crippen LogP contribution in [0, 0.1) is 0 Å². The zero-order chi connectivity index (χ0) is 17.7. The lowest BCUT2D eigenvalue weighted by atomic mass is 9.91. The molecule has 0 aromatic heterocycles. The molecule has 2 aromatic carbocycles. The number of hydrogen-bond acceptors (Lipinski definition) is 4. The number of halogens is 1. The molecule has 0 fully saturated rings. The van der Waals surface area contributed by atoms with Crippen LogP contribution in [0.4, 0.5) is 0 Å². The zero-order valence-electron chi connectivity index (χ0n) is 13.0. The summed E-state index contributed by atoms with van der Waals surface area (Å²) in [5.74, 6) is -1.91. The molecule has 124 valence electrons. The Morgan fingerprint density at radius 1 is 1.12 bits per heavy atom. The molecule has 0 heterocycles. The van der Waals surface area contributed by atoms with Gasteiger partial charge in [0.25, 0.3) is 0 Å². The molecule has 0 aliphatic heterocycles. The molecule has 6 heteroatoms. The Morgan fingerprint density at radius 3 is 2.33 bits per heavy atom. The van der Waals surface area contributed by atoms with E-state index < -0.39 is 11.9 Å². The molecule has 0 radical (unpaired) electrons. The highest BCUT2D eigenvalue weighted by Crippen LogP contribution is 2.32. The average Bonchev–Trinajstić information content (AvgIpc) is 2.59. The van der Waals surface area contributed by atoms with Gasteiger partial charge in [-0.15, -0.1) is 0 Å². The van der Waals surface area contributed by atoms with E-state index in [1.807, 2.05) is 6.07 Å². The number of rotatable bonds is 5. The molecule has 0 aliphatic rings. The predicted octanol–water partition coefficient (Wildman–Crippen LogP) is 3.08. The Hall–Kier alpha value is -2.63. The first-order valence-corrected chi connectivity index (χ1v) is 7.48. The highest BCUT2D eigenvalue weighted by molar-refractivity contribution is 6.35. The quantitative estimate of drug-likeness (QED) is 0.494. The molecular formula is C18H16ClNO4. The van der Waals surface area contributed by atoms with E-state index in [1.165, 1.54) is 19.2 Å². The number of benzene rings is 2. The van der Waals surface area contributed by atoms with Gasteiger partial charge >= 0.3 is 11.9 Å². The van der Waals surface area contributed by atoms with Crippen molar-refractivity contribution >= 4 is 34.7 Å². The summed E-state index contributed by atoms with van der Waals surface area (Å²) < 4.78 is 4.86. The van der Waals surface area contributed by atoms with E-state index in [2.05, 4.69) is 0 Å². The van der Waals surface area contributed by atoms with Gasteiger partial charge in [-0.2, -0.15) is 0 Å². The second kappa shape index (κ2) is 7.77. The van der Waals surface area contributed by atoms with Crippen molar-refractivity contribution in [1.82, 2.24) is 0 Å². The average molecular weight is 346 g/mol. The topological polar surface area (TPSA) is 89.6 Å². The van der Waals surface area contributed by atoms with E-state index in [-0.39, 0.29) is 28.3 Å². The number of carbonyl (C=O) groups is 2. The van der Waals surface area contributed by atoms with Crippen LogP contribution in [0.3, 0.4) is 0 Å². The number of aromatic carboxylic acids is 1. The van der Waals surface area contributed by atoms with Crippen LogP contribution in [0.1, 0.15) is 21.5 Å². The van der Waals surface area contributed by atoms with Crippen molar-refractivity contribution < 1.29 is 19.4 Å². The van der Waals surface area contributed by atoms with Crippen molar-refractivity contribution in [3.63, 3.8) is 0 Å². The number of carbonyl (C=O) groups excluding carboxylic acids is 1. The first-order valence-electron chi connectivity index (χ1n) is 7.10. The van der Waals surface area contributed by atoms with Gasteiger partial charge in [-0.3, -0.25) is 0 Å². The molecule has 0 saturated carbocycles. The van der Waals surface area contributed by atoms with E-state index in [9.17, 15) is 14.7 Å². The highest BCUT2D eigenvalue weighted by atomic mass is 35.5. The van der Waals surface area contributed by atoms with Crippen LogP contribution in [-0.4, -0.2) is 30.7 Å². The van der Waals surface area contributed by atoms with Crippen molar-refractivity contribution in [1.29, 1.82) is 0 Å². The molecule has 2 aromatic rings. The largest absolute Gasteiger partial charge is 0.478 e. The van der Waals surface area contributed by atoms with Crippen LogP contribution in [0.25, 0.3) is 11.1 Å². The van der Waals surface area contributed by atoms with E-state index in [0.717, 1.165) is 0 Å². The van der Waals surface area contributed by atoms with Gasteiger partial charge in [-0.05, 0) is 17.2 Å². The SMILES string of the molecule is COC(=O)C(=C(CN)c1ccccc1)c1cccc(Cl)c1C(=O)O. The number of carboxylic acids is 1. The van der Waals surface area contributed by atoms with Gasteiger partial charge in [0.15, 0.2) is 0 Å². The molecule has 0 amide bonds. The zero-order valence-corrected chi connectivity index (χ0v) is 13.7. The summed E-state index contributed by atoms with van der Waals surface area (Å²) in [6.45, 7) is 0.0278. The second-order valence-electron chi connectivity index (χ2n) is 4.88. The molecule has 24 heavy (non-hydrogen) atoms. The second-order valence-corrected chi connectivity index (χ2v) is 5.29. The fourth-order valence-corrected chi connectivity index (χ4v) is 2.71. The summed E-state index contributed by atoms with van der Waals surface area (Å²) in [7, 11) is 1.23. The lowest BCUT2D eigenvalue weighted by Gasteiger charge is -2.16. The predicted molar refractivity (Wildman–Crippen MR) is 92.7 cm³/mol. The summed E-state index contributed by atoms with van der Waals surface area (Å²) in [6, 6.07) is 13.6. The van der Waals surface area contributed by atoms with Crippen LogP contribution < -0.4 is 5.73 Å². The van der Waals surface area contributed by atoms with Crippen LogP contribution in [0.15, 0.2) is 48.5 Å². The maximum atomic E-state index is 12.4. The summed E-state index contributed by atoms with van der Waals surface area (Å²) in [5.41, 5.74) is 7.13. The number of methoxy groups -OCH3 is 1. The molecule has 2 rings (SSSR count). The molecule has 5 nitrogen and oxygen atoms in total. The maximum Gasteiger partial charge on any atom is 0.338 e. The molecule has 0 saturated heterocycles. The van der Waals surface area contributed by atoms with Crippen molar-refractivity contribution in [2.75, 3.05) is 13.7 Å². The van der Waals surface area contributed by atoms with Crippen molar-refractivity contribution in [2.45, 2.75) is 0 Å². The minimum absolute atomic E-state index is 0.0278. The van der Waals surface area contributed by atoms with Gasteiger partial charge in [0.05, 0.1) is 23.3 Å². The monoisotopic (exact) mass is 345 g/mol. The van der Waals surface area contributed by atoms with E-state index >= 15 is 0 Å². The van der Waals surface area contributed by atoms with Crippen LogP contribution in [0.5, 0.6) is 0 Å². The number of hydrogen-bond donors (Lipinski definition) is 2. The first kappa shape index (κ1) is 17.7. The summed E-state index contributed by atoms with van der Waals surface area (Å²) in [5, 5.41) is 9.52. The van der Waals surface area contributed by atoms with Gasteiger partial charge in [0, 0.05) is 12.1 Å². The van der Waals surface area contributed by atoms with Crippen LogP contribution in [-0.2, 0) is 9.53 Å². The summed E-state index contributed by atoms with van der Waals surface area (Å²) in [6.07, 6.45) is 0. The Kier molecular flexibility index (Phi) is 5.73. The Morgan fingerprint density at radius 2 is 1.79 bits per heavy atom. The van der Waals surface area contributed by atoms with Gasteiger partial charge in [-0.25, -0.2) is 9.59 Å². The van der Waals surface area contributed by atoms with Crippen LogP contribution >= 0.6 is 11.6 Å². The Balaban J connectivity index is 2.85. The molecule has 0 aliphatic carbocycles. The molecule has 0 bridgehead atoms. The molecule has 0 unspecified atom stereocenters. The van der Waals surface area contributed by atoms with E-state index in [4.69, 9.17) is 22.1 Å². The normalized spacial score (nSPS) is 11.6. The standard InChI is InChI=1S/C18H16ClNO4/c1-24-18(23)15(13(10-20)11-6-3-2-4-7-11)12-8-5-9-14(19)16(12)17(21)22/h2-9H,10,20H2,1H3,(H,21,22). The van der Waals surface area contributed by atoms with Gasteiger partial charge in [0.2, 0.25) is 0 Å². The minimum Gasteiger partial charge on any atom is -0.478 e. The van der Waals surface area contributed by atoms with E-state index in [0.29, 0.717) is 11.1 Å². The fraction of sp³-hybridized carbons (Fsp3) is 0.111. The third-order valence-corrected chi connectivity index (χ3v) is 3.83. The number of carboxylic acid groups (broad SMARTS) is 1. The molecule has 0 spiro atoms. The lowest BCUT2D eigenvalue weighted by molar-refractivity contribution is -0.133.